The zero-order valence-electron chi connectivity index (χ0n) is 14.6. The van der Waals surface area contributed by atoms with Crippen LogP contribution in [0, 0.1) is 0 Å². The van der Waals surface area contributed by atoms with Crippen LogP contribution in [0.3, 0.4) is 0 Å². The monoisotopic (exact) mass is 344 g/mol. The van der Waals surface area contributed by atoms with E-state index in [0.29, 0.717) is 37.1 Å². The van der Waals surface area contributed by atoms with E-state index < -0.39 is 0 Å². The van der Waals surface area contributed by atoms with Crippen LogP contribution in [0.25, 0.3) is 0 Å². The first kappa shape index (κ1) is 17.5. The van der Waals surface area contributed by atoms with Crippen molar-refractivity contribution >= 4 is 0 Å². The minimum Gasteiger partial charge on any atom is -0.490 e. The van der Waals surface area contributed by atoms with Crippen molar-refractivity contribution in [2.75, 3.05) is 33.4 Å². The van der Waals surface area contributed by atoms with Gasteiger partial charge in [-0.3, -0.25) is 0 Å². The summed E-state index contributed by atoms with van der Waals surface area (Å²) in [5.41, 5.74) is 0.763. The van der Waals surface area contributed by atoms with Crippen molar-refractivity contribution in [1.82, 2.24) is 10.3 Å². The van der Waals surface area contributed by atoms with Crippen molar-refractivity contribution < 1.29 is 18.9 Å². The third kappa shape index (κ3) is 4.41. The molecule has 0 aliphatic carbocycles. The van der Waals surface area contributed by atoms with E-state index in [2.05, 4.69) is 10.3 Å². The summed E-state index contributed by atoms with van der Waals surface area (Å²) in [4.78, 5) is 4.54. The highest BCUT2D eigenvalue weighted by atomic mass is 16.6. The summed E-state index contributed by atoms with van der Waals surface area (Å²) in [5.74, 6) is 1.93. The molecule has 134 valence electrons. The Morgan fingerprint density at radius 3 is 2.76 bits per heavy atom. The molecule has 2 heterocycles. The molecule has 0 radical (unpaired) electrons. The van der Waals surface area contributed by atoms with Crippen molar-refractivity contribution in [3.05, 3.63) is 48.2 Å². The lowest BCUT2D eigenvalue weighted by molar-refractivity contribution is -0.0454. The van der Waals surface area contributed by atoms with E-state index in [9.17, 15) is 0 Å². The van der Waals surface area contributed by atoms with Crippen molar-refractivity contribution in [3.8, 4) is 17.4 Å². The molecule has 25 heavy (non-hydrogen) atoms. The second-order valence-corrected chi connectivity index (χ2v) is 5.64. The first-order valence-electron chi connectivity index (χ1n) is 8.53. The molecule has 1 aromatic heterocycles. The molecule has 0 amide bonds. The van der Waals surface area contributed by atoms with Crippen LogP contribution in [0.5, 0.6) is 17.4 Å². The molecule has 3 rings (SSSR count). The van der Waals surface area contributed by atoms with Gasteiger partial charge in [-0.15, -0.1) is 0 Å². The maximum absolute atomic E-state index is 6.32. The van der Waals surface area contributed by atoms with Crippen LogP contribution in [-0.2, 0) is 4.74 Å². The van der Waals surface area contributed by atoms with Crippen molar-refractivity contribution in [1.29, 1.82) is 0 Å². The summed E-state index contributed by atoms with van der Waals surface area (Å²) in [7, 11) is 1.60. The largest absolute Gasteiger partial charge is 0.490 e. The number of ether oxygens (including phenoxy) is 4. The average Bonchev–Trinajstić information content (AvgIpc) is 2.68. The molecule has 1 aromatic carbocycles. The lowest BCUT2D eigenvalue weighted by atomic mass is 10.1. The number of hydrogen-bond donors (Lipinski definition) is 1. The van der Waals surface area contributed by atoms with E-state index in [1.165, 1.54) is 0 Å². The summed E-state index contributed by atoms with van der Waals surface area (Å²) >= 11 is 0. The predicted molar refractivity (Wildman–Crippen MR) is 94.4 cm³/mol. The van der Waals surface area contributed by atoms with E-state index in [1.807, 2.05) is 49.4 Å². The lowest BCUT2D eigenvalue weighted by Gasteiger charge is -2.31. The van der Waals surface area contributed by atoms with Crippen LogP contribution < -0.4 is 19.5 Å². The van der Waals surface area contributed by atoms with Crippen LogP contribution in [0.1, 0.15) is 18.7 Å². The van der Waals surface area contributed by atoms with Crippen LogP contribution in [0.2, 0.25) is 0 Å². The number of nitrogens with zero attached hydrogens (tertiary/aromatic N) is 1. The SMILES string of the molecule is CCOc1ccccc1OC(c1cccc(OC)n1)[C@@H]1CNCCO1. The highest BCUT2D eigenvalue weighted by molar-refractivity contribution is 5.40. The molecule has 1 saturated heterocycles. The topological polar surface area (TPSA) is 61.8 Å². The number of rotatable bonds is 7. The van der Waals surface area contributed by atoms with E-state index in [0.717, 1.165) is 12.2 Å². The zero-order chi connectivity index (χ0) is 17.5. The molecule has 2 atom stereocenters. The second-order valence-electron chi connectivity index (χ2n) is 5.64. The quantitative estimate of drug-likeness (QED) is 0.833. The van der Waals surface area contributed by atoms with Crippen molar-refractivity contribution in [2.45, 2.75) is 19.1 Å². The maximum atomic E-state index is 6.32. The molecule has 1 fully saturated rings. The van der Waals surface area contributed by atoms with E-state index in [4.69, 9.17) is 18.9 Å². The average molecular weight is 344 g/mol. The predicted octanol–water partition coefficient (Wildman–Crippen LogP) is 2.60. The van der Waals surface area contributed by atoms with E-state index in [1.54, 1.807) is 7.11 Å². The van der Waals surface area contributed by atoms with Crippen LogP contribution in [0.15, 0.2) is 42.5 Å². The Labute approximate surface area is 148 Å². The molecule has 0 spiro atoms. The fourth-order valence-electron chi connectivity index (χ4n) is 2.77. The number of nitrogens with one attached hydrogen (secondary N) is 1. The standard InChI is InChI=1S/C19H24N2O4/c1-3-23-15-8-4-5-9-16(15)25-19(17-13-20-11-12-24-17)14-7-6-10-18(21-14)22-2/h4-10,17,19-20H,3,11-13H2,1-2H3/t17-,19?/m0/s1. The number of hydrogen-bond acceptors (Lipinski definition) is 6. The minimum atomic E-state index is -0.371. The van der Waals surface area contributed by atoms with Gasteiger partial charge in [0.25, 0.3) is 0 Å². The lowest BCUT2D eigenvalue weighted by Crippen LogP contribution is -2.43. The summed E-state index contributed by atoms with van der Waals surface area (Å²) in [6.45, 7) is 4.70. The fraction of sp³-hybridized carbons (Fsp3) is 0.421. The molecular weight excluding hydrogens is 320 g/mol. The fourth-order valence-corrected chi connectivity index (χ4v) is 2.77. The van der Waals surface area contributed by atoms with Gasteiger partial charge in [-0.1, -0.05) is 18.2 Å². The zero-order valence-corrected chi connectivity index (χ0v) is 14.6. The van der Waals surface area contributed by atoms with Crippen molar-refractivity contribution in [3.63, 3.8) is 0 Å². The van der Waals surface area contributed by atoms with Gasteiger partial charge in [0.15, 0.2) is 17.6 Å². The molecule has 0 bridgehead atoms. The highest BCUT2D eigenvalue weighted by Gasteiger charge is 2.30. The van der Waals surface area contributed by atoms with Gasteiger partial charge in [0, 0.05) is 19.2 Å². The number of methoxy groups -OCH3 is 1. The minimum absolute atomic E-state index is 0.150. The molecular formula is C19H24N2O4. The second kappa shape index (κ2) is 8.69. The van der Waals surface area contributed by atoms with Gasteiger partial charge in [0.05, 0.1) is 26.0 Å². The van der Waals surface area contributed by atoms with Gasteiger partial charge in [-0.2, -0.15) is 0 Å². The normalized spacial score (nSPS) is 18.4. The number of morpholine rings is 1. The van der Waals surface area contributed by atoms with Gasteiger partial charge >= 0.3 is 0 Å². The van der Waals surface area contributed by atoms with Gasteiger partial charge < -0.3 is 24.3 Å². The molecule has 6 heteroatoms. The number of benzene rings is 1. The Morgan fingerprint density at radius 1 is 1.20 bits per heavy atom. The molecule has 0 saturated carbocycles. The molecule has 2 aromatic rings. The van der Waals surface area contributed by atoms with Gasteiger partial charge in [-0.05, 0) is 25.1 Å². The summed E-state index contributed by atoms with van der Waals surface area (Å²) in [6, 6.07) is 13.3. The van der Waals surface area contributed by atoms with Crippen molar-refractivity contribution in [2.24, 2.45) is 0 Å². The number of aromatic nitrogens is 1. The van der Waals surface area contributed by atoms with Gasteiger partial charge in [-0.25, -0.2) is 4.98 Å². The third-order valence-electron chi connectivity index (χ3n) is 3.94. The Hall–Kier alpha value is -2.31. The Balaban J connectivity index is 1.91. The number of pyridine rings is 1. The summed E-state index contributed by atoms with van der Waals surface area (Å²) in [5, 5.41) is 3.34. The Kier molecular flexibility index (Phi) is 6.09. The first-order chi connectivity index (χ1) is 12.3. The van der Waals surface area contributed by atoms with Crippen LogP contribution in [-0.4, -0.2) is 44.5 Å². The maximum Gasteiger partial charge on any atom is 0.213 e. The van der Waals surface area contributed by atoms with Crippen LogP contribution in [0.4, 0.5) is 0 Å². The Bertz CT molecular complexity index is 674. The first-order valence-corrected chi connectivity index (χ1v) is 8.53. The van der Waals surface area contributed by atoms with Gasteiger partial charge in [0.1, 0.15) is 6.10 Å². The Morgan fingerprint density at radius 2 is 2.04 bits per heavy atom. The molecule has 1 aliphatic heterocycles. The van der Waals surface area contributed by atoms with Crippen LogP contribution >= 0.6 is 0 Å². The summed E-state index contributed by atoms with van der Waals surface area (Å²) in [6.07, 6.45) is -0.521. The van der Waals surface area contributed by atoms with E-state index in [-0.39, 0.29) is 12.2 Å². The molecule has 6 nitrogen and oxygen atoms in total. The molecule has 1 N–H and O–H groups in total. The third-order valence-corrected chi connectivity index (χ3v) is 3.94. The molecule has 1 aliphatic rings. The highest BCUT2D eigenvalue weighted by Crippen LogP contribution is 2.33. The smallest absolute Gasteiger partial charge is 0.213 e. The summed E-state index contributed by atoms with van der Waals surface area (Å²) < 4.78 is 23.2. The van der Waals surface area contributed by atoms with Gasteiger partial charge in [0.2, 0.25) is 5.88 Å². The molecule has 1 unspecified atom stereocenters. The van der Waals surface area contributed by atoms with E-state index >= 15 is 0 Å². The number of para-hydroxylation sites is 2.